The molecule has 0 saturated carbocycles. The van der Waals surface area contributed by atoms with Crippen LogP contribution in [-0.2, 0) is 23.1 Å². The molecular formula is C11H13ClN2O2S3. The minimum Gasteiger partial charge on any atom is -0.326 e. The minimum atomic E-state index is -3.50. The Kier molecular flexibility index (Phi) is 4.65. The van der Waals surface area contributed by atoms with Crippen LogP contribution in [0.2, 0.25) is 4.34 Å². The van der Waals surface area contributed by atoms with Gasteiger partial charge in [-0.1, -0.05) is 11.6 Å². The second-order valence-electron chi connectivity index (χ2n) is 3.88. The average molecular weight is 337 g/mol. The monoisotopic (exact) mass is 336 g/mol. The Bertz CT molecular complexity index is 663. The summed E-state index contributed by atoms with van der Waals surface area (Å²) in [6.07, 6.45) is 0. The highest BCUT2D eigenvalue weighted by molar-refractivity contribution is 7.89. The highest BCUT2D eigenvalue weighted by atomic mass is 35.5. The highest BCUT2D eigenvalue weighted by Crippen LogP contribution is 2.27. The summed E-state index contributed by atoms with van der Waals surface area (Å²) < 4.78 is 26.8. The molecule has 0 aromatic carbocycles. The standard InChI is InChI=1S/C11H13ClN2O2S3/c1-14(7-8-2-3-11(12)18-8)19(15,16)10-4-5-17-9(10)6-13/h2-5H,6-7,13H2,1H3. The predicted molar refractivity (Wildman–Crippen MR) is 80.2 cm³/mol. The molecule has 0 aliphatic heterocycles. The van der Waals surface area contributed by atoms with Gasteiger partial charge in [0.05, 0.1) is 9.23 Å². The van der Waals surface area contributed by atoms with Crippen molar-refractivity contribution in [1.82, 2.24) is 4.31 Å². The van der Waals surface area contributed by atoms with Crippen molar-refractivity contribution in [3.63, 3.8) is 0 Å². The quantitative estimate of drug-likeness (QED) is 0.913. The molecule has 2 heterocycles. The first kappa shape index (κ1) is 15.0. The van der Waals surface area contributed by atoms with Crippen LogP contribution in [0, 0.1) is 0 Å². The predicted octanol–water partition coefficient (Wildman–Crippen LogP) is 2.74. The highest BCUT2D eigenvalue weighted by Gasteiger charge is 2.24. The molecule has 0 fully saturated rings. The van der Waals surface area contributed by atoms with E-state index < -0.39 is 10.0 Å². The first-order valence-electron chi connectivity index (χ1n) is 5.42. The summed E-state index contributed by atoms with van der Waals surface area (Å²) in [5.41, 5.74) is 5.56. The van der Waals surface area contributed by atoms with E-state index in [4.69, 9.17) is 17.3 Å². The van der Waals surface area contributed by atoms with E-state index in [0.717, 1.165) is 4.88 Å². The molecule has 2 aromatic heterocycles. The maximum atomic E-state index is 12.4. The molecular weight excluding hydrogens is 324 g/mol. The fraction of sp³-hybridized carbons (Fsp3) is 0.273. The molecule has 4 nitrogen and oxygen atoms in total. The van der Waals surface area contributed by atoms with Crippen LogP contribution < -0.4 is 5.73 Å². The minimum absolute atomic E-state index is 0.227. The van der Waals surface area contributed by atoms with Crippen molar-refractivity contribution in [3.8, 4) is 0 Å². The SMILES string of the molecule is CN(Cc1ccc(Cl)s1)S(=O)(=O)c1ccsc1CN. The van der Waals surface area contributed by atoms with E-state index in [1.54, 1.807) is 24.6 Å². The number of hydrogen-bond donors (Lipinski definition) is 1. The Morgan fingerprint density at radius 1 is 1.37 bits per heavy atom. The normalized spacial score (nSPS) is 12.2. The van der Waals surface area contributed by atoms with Crippen LogP contribution in [0.1, 0.15) is 9.75 Å². The number of sulfonamides is 1. The van der Waals surface area contributed by atoms with Gasteiger partial charge in [0.1, 0.15) is 0 Å². The van der Waals surface area contributed by atoms with Crippen molar-refractivity contribution in [2.24, 2.45) is 5.73 Å². The Morgan fingerprint density at radius 2 is 2.11 bits per heavy atom. The molecule has 19 heavy (non-hydrogen) atoms. The van der Waals surface area contributed by atoms with Gasteiger partial charge >= 0.3 is 0 Å². The molecule has 0 atom stereocenters. The molecule has 0 amide bonds. The van der Waals surface area contributed by atoms with Crippen molar-refractivity contribution in [1.29, 1.82) is 0 Å². The lowest BCUT2D eigenvalue weighted by Crippen LogP contribution is -2.26. The molecule has 2 aromatic rings. The van der Waals surface area contributed by atoms with Crippen LogP contribution >= 0.6 is 34.3 Å². The lowest BCUT2D eigenvalue weighted by molar-refractivity contribution is 0.469. The maximum Gasteiger partial charge on any atom is 0.244 e. The van der Waals surface area contributed by atoms with Crippen molar-refractivity contribution in [2.45, 2.75) is 18.0 Å². The summed E-state index contributed by atoms with van der Waals surface area (Å²) in [6.45, 7) is 0.532. The van der Waals surface area contributed by atoms with Crippen molar-refractivity contribution in [3.05, 3.63) is 37.7 Å². The number of nitrogens with zero attached hydrogens (tertiary/aromatic N) is 1. The van der Waals surface area contributed by atoms with Gasteiger partial charge in [0.2, 0.25) is 10.0 Å². The molecule has 0 spiro atoms. The molecule has 2 N–H and O–H groups in total. The third kappa shape index (κ3) is 3.18. The number of hydrogen-bond acceptors (Lipinski definition) is 5. The van der Waals surface area contributed by atoms with Gasteiger partial charge in [0.25, 0.3) is 0 Å². The Labute approximate surface area is 125 Å². The Hall–Kier alpha value is -0.440. The van der Waals surface area contributed by atoms with E-state index in [1.165, 1.54) is 27.0 Å². The summed E-state index contributed by atoms with van der Waals surface area (Å²) in [7, 11) is -1.94. The van der Waals surface area contributed by atoms with Crippen LogP contribution in [0.25, 0.3) is 0 Å². The number of halogens is 1. The third-order valence-corrected chi connectivity index (χ3v) is 6.76. The van der Waals surface area contributed by atoms with Gasteiger partial charge < -0.3 is 5.73 Å². The maximum absolute atomic E-state index is 12.4. The van der Waals surface area contributed by atoms with Crippen molar-refractivity contribution in [2.75, 3.05) is 7.05 Å². The second kappa shape index (κ2) is 5.90. The van der Waals surface area contributed by atoms with E-state index in [-0.39, 0.29) is 6.54 Å². The number of rotatable bonds is 5. The van der Waals surface area contributed by atoms with E-state index in [0.29, 0.717) is 20.7 Å². The lowest BCUT2D eigenvalue weighted by Gasteiger charge is -2.16. The summed E-state index contributed by atoms with van der Waals surface area (Å²) in [5.74, 6) is 0. The molecule has 0 aliphatic rings. The summed E-state index contributed by atoms with van der Waals surface area (Å²) in [5, 5.41) is 1.74. The van der Waals surface area contributed by atoms with Gasteiger partial charge in [-0.3, -0.25) is 0 Å². The van der Waals surface area contributed by atoms with Crippen LogP contribution in [0.15, 0.2) is 28.5 Å². The zero-order valence-electron chi connectivity index (χ0n) is 10.2. The first-order valence-corrected chi connectivity index (χ1v) is 8.93. The molecule has 0 unspecified atom stereocenters. The van der Waals surface area contributed by atoms with E-state index in [2.05, 4.69) is 0 Å². The third-order valence-electron chi connectivity index (χ3n) is 2.59. The van der Waals surface area contributed by atoms with E-state index in [9.17, 15) is 8.42 Å². The largest absolute Gasteiger partial charge is 0.326 e. The Morgan fingerprint density at radius 3 is 2.68 bits per heavy atom. The van der Waals surface area contributed by atoms with Gasteiger partial charge in [0.15, 0.2) is 0 Å². The first-order chi connectivity index (χ1) is 8.95. The second-order valence-corrected chi connectivity index (χ2v) is 8.69. The van der Waals surface area contributed by atoms with Crippen LogP contribution in [-0.4, -0.2) is 19.8 Å². The number of thiophene rings is 2. The van der Waals surface area contributed by atoms with Gasteiger partial charge in [-0.05, 0) is 23.6 Å². The van der Waals surface area contributed by atoms with Gasteiger partial charge in [-0.25, -0.2) is 8.42 Å². The molecule has 8 heteroatoms. The molecule has 0 bridgehead atoms. The van der Waals surface area contributed by atoms with Crippen molar-refractivity contribution >= 4 is 44.3 Å². The summed E-state index contributed by atoms with van der Waals surface area (Å²) in [6, 6.07) is 5.19. The van der Waals surface area contributed by atoms with Crippen LogP contribution in [0.5, 0.6) is 0 Å². The number of nitrogens with two attached hydrogens (primary N) is 1. The zero-order valence-corrected chi connectivity index (χ0v) is 13.4. The fourth-order valence-electron chi connectivity index (χ4n) is 1.62. The van der Waals surface area contributed by atoms with Gasteiger partial charge in [-0.2, -0.15) is 4.31 Å². The average Bonchev–Trinajstić information content (AvgIpc) is 2.97. The zero-order chi connectivity index (χ0) is 14.0. The van der Waals surface area contributed by atoms with E-state index >= 15 is 0 Å². The summed E-state index contributed by atoms with van der Waals surface area (Å²) in [4.78, 5) is 1.88. The van der Waals surface area contributed by atoms with Gasteiger partial charge in [-0.15, -0.1) is 22.7 Å². The van der Waals surface area contributed by atoms with Crippen molar-refractivity contribution < 1.29 is 8.42 Å². The smallest absolute Gasteiger partial charge is 0.244 e. The van der Waals surface area contributed by atoms with Gasteiger partial charge in [0, 0.05) is 29.9 Å². The topological polar surface area (TPSA) is 63.4 Å². The summed E-state index contributed by atoms with van der Waals surface area (Å²) >= 11 is 8.57. The molecule has 0 saturated heterocycles. The molecule has 104 valence electrons. The lowest BCUT2D eigenvalue weighted by atomic mass is 10.5. The van der Waals surface area contributed by atoms with Crippen LogP contribution in [0.3, 0.4) is 0 Å². The molecule has 0 aliphatic carbocycles. The Balaban J connectivity index is 2.24. The fourth-order valence-corrected chi connectivity index (χ4v) is 5.29. The van der Waals surface area contributed by atoms with Crippen LogP contribution in [0.4, 0.5) is 0 Å². The molecule has 0 radical (unpaired) electrons. The van der Waals surface area contributed by atoms with E-state index in [1.807, 2.05) is 6.07 Å². The molecule has 2 rings (SSSR count).